The normalized spacial score (nSPS) is 10.5. The number of hydrogen-bond acceptors (Lipinski definition) is 5. The molecule has 2 aromatic carbocycles. The minimum absolute atomic E-state index is 0.226. The molecular formula is C17H15IN2O3. The molecule has 0 aliphatic carbocycles. The van der Waals surface area contributed by atoms with Crippen LogP contribution in [0.25, 0.3) is 11.4 Å². The van der Waals surface area contributed by atoms with E-state index < -0.39 is 0 Å². The molecule has 0 fully saturated rings. The Morgan fingerprint density at radius 1 is 1.00 bits per heavy atom. The molecule has 118 valence electrons. The zero-order chi connectivity index (χ0) is 16.1. The van der Waals surface area contributed by atoms with Crippen LogP contribution in [0, 0.1) is 3.57 Å². The van der Waals surface area contributed by atoms with Crippen molar-refractivity contribution in [2.45, 2.75) is 13.5 Å². The highest BCUT2D eigenvalue weighted by Crippen LogP contribution is 2.28. The second-order valence-corrected chi connectivity index (χ2v) is 5.82. The molecule has 0 unspecified atom stereocenters. The van der Waals surface area contributed by atoms with Crippen LogP contribution in [0.3, 0.4) is 0 Å². The quantitative estimate of drug-likeness (QED) is 0.554. The third-order valence-electron chi connectivity index (χ3n) is 3.08. The first-order valence-corrected chi connectivity index (χ1v) is 8.28. The largest absolute Gasteiger partial charge is 0.493 e. The molecule has 5 nitrogen and oxygen atoms in total. The molecule has 0 amide bonds. The first kappa shape index (κ1) is 15.8. The van der Waals surface area contributed by atoms with E-state index in [4.69, 9.17) is 14.0 Å². The predicted molar refractivity (Wildman–Crippen MR) is 94.4 cm³/mol. The van der Waals surface area contributed by atoms with Crippen molar-refractivity contribution in [3.05, 3.63) is 58.0 Å². The Bertz CT molecular complexity index is 789. The highest BCUT2D eigenvalue weighted by molar-refractivity contribution is 14.1. The van der Waals surface area contributed by atoms with Gasteiger partial charge in [0, 0.05) is 0 Å². The van der Waals surface area contributed by atoms with Crippen LogP contribution in [0.15, 0.2) is 53.1 Å². The molecule has 3 aromatic rings. The van der Waals surface area contributed by atoms with E-state index in [9.17, 15) is 0 Å². The van der Waals surface area contributed by atoms with Gasteiger partial charge in [-0.05, 0) is 53.8 Å². The van der Waals surface area contributed by atoms with Crippen molar-refractivity contribution < 1.29 is 14.0 Å². The molecule has 0 N–H and O–H groups in total. The molecule has 0 spiro atoms. The highest BCUT2D eigenvalue weighted by atomic mass is 127. The molecule has 1 heterocycles. The van der Waals surface area contributed by atoms with Crippen molar-refractivity contribution in [1.82, 2.24) is 10.1 Å². The summed E-state index contributed by atoms with van der Waals surface area (Å²) in [5, 5.41) is 4.02. The topological polar surface area (TPSA) is 57.4 Å². The molecule has 0 saturated heterocycles. The third-order valence-corrected chi connectivity index (χ3v) is 3.97. The lowest BCUT2D eigenvalue weighted by atomic mass is 10.2. The number of hydrogen-bond donors (Lipinski definition) is 0. The molecule has 3 rings (SSSR count). The number of halogens is 1. The van der Waals surface area contributed by atoms with Gasteiger partial charge in [-0.1, -0.05) is 29.4 Å². The average Bonchev–Trinajstić information content (AvgIpc) is 3.04. The van der Waals surface area contributed by atoms with Crippen LogP contribution in [0.5, 0.6) is 11.5 Å². The van der Waals surface area contributed by atoms with Gasteiger partial charge in [0.2, 0.25) is 5.82 Å². The summed E-state index contributed by atoms with van der Waals surface area (Å²) in [5.74, 6) is 2.45. The minimum Gasteiger partial charge on any atom is -0.493 e. The van der Waals surface area contributed by atoms with Crippen LogP contribution in [-0.2, 0) is 6.61 Å². The Kier molecular flexibility index (Phi) is 5.12. The summed E-state index contributed by atoms with van der Waals surface area (Å²) >= 11 is 2.22. The number of nitrogens with zero attached hydrogens (tertiary/aromatic N) is 2. The molecular weight excluding hydrogens is 407 g/mol. The Morgan fingerprint density at radius 3 is 2.52 bits per heavy atom. The number of para-hydroxylation sites is 2. The Balaban J connectivity index is 1.75. The first-order chi connectivity index (χ1) is 11.3. The van der Waals surface area contributed by atoms with Gasteiger partial charge in [0.15, 0.2) is 6.61 Å². The van der Waals surface area contributed by atoms with E-state index in [-0.39, 0.29) is 6.61 Å². The van der Waals surface area contributed by atoms with Gasteiger partial charge >= 0.3 is 0 Å². The average molecular weight is 422 g/mol. The van der Waals surface area contributed by atoms with Crippen LogP contribution in [0.1, 0.15) is 12.8 Å². The van der Waals surface area contributed by atoms with Crippen LogP contribution >= 0.6 is 22.6 Å². The summed E-state index contributed by atoms with van der Waals surface area (Å²) in [5.41, 5.74) is 0.804. The van der Waals surface area contributed by atoms with E-state index in [0.717, 1.165) is 20.6 Å². The second-order valence-electron chi connectivity index (χ2n) is 4.66. The van der Waals surface area contributed by atoms with E-state index in [1.165, 1.54) is 0 Å². The van der Waals surface area contributed by atoms with E-state index in [0.29, 0.717) is 18.3 Å². The number of ether oxygens (including phenoxy) is 2. The Morgan fingerprint density at radius 2 is 1.74 bits per heavy atom. The summed E-state index contributed by atoms with van der Waals surface area (Å²) in [4.78, 5) is 4.38. The van der Waals surface area contributed by atoms with Gasteiger partial charge in [0.1, 0.15) is 11.5 Å². The standard InChI is InChI=1S/C17H15IN2O3/c1-2-21-14-9-5-3-7-12(14)17-19-16(23-20-17)11-22-15-10-6-4-8-13(15)18/h3-10H,2,11H2,1H3. The smallest absolute Gasteiger partial charge is 0.264 e. The van der Waals surface area contributed by atoms with Crippen LogP contribution in [0.2, 0.25) is 0 Å². The molecule has 0 aliphatic heterocycles. The zero-order valence-corrected chi connectivity index (χ0v) is 14.7. The molecule has 6 heteroatoms. The molecule has 1 aromatic heterocycles. The lowest BCUT2D eigenvalue weighted by Crippen LogP contribution is -1.97. The molecule has 0 aliphatic rings. The maximum absolute atomic E-state index is 5.71. The minimum atomic E-state index is 0.226. The summed E-state index contributed by atoms with van der Waals surface area (Å²) in [6.07, 6.45) is 0. The van der Waals surface area contributed by atoms with Gasteiger partial charge in [-0.2, -0.15) is 4.98 Å². The molecule has 0 radical (unpaired) electrons. The SMILES string of the molecule is CCOc1ccccc1-c1noc(COc2ccccc2I)n1. The zero-order valence-electron chi connectivity index (χ0n) is 12.5. The summed E-state index contributed by atoms with van der Waals surface area (Å²) in [6.45, 7) is 2.74. The van der Waals surface area contributed by atoms with Crippen LogP contribution in [-0.4, -0.2) is 16.7 Å². The Hall–Kier alpha value is -2.09. The summed E-state index contributed by atoms with van der Waals surface area (Å²) in [7, 11) is 0. The van der Waals surface area contributed by atoms with Crippen molar-refractivity contribution in [2.24, 2.45) is 0 Å². The highest BCUT2D eigenvalue weighted by Gasteiger charge is 2.13. The van der Waals surface area contributed by atoms with E-state index in [1.807, 2.05) is 55.5 Å². The van der Waals surface area contributed by atoms with Crippen molar-refractivity contribution in [3.63, 3.8) is 0 Å². The third kappa shape index (κ3) is 3.82. The fraction of sp³-hybridized carbons (Fsp3) is 0.176. The fourth-order valence-electron chi connectivity index (χ4n) is 2.06. The van der Waals surface area contributed by atoms with Gasteiger partial charge in [0.05, 0.1) is 15.7 Å². The lowest BCUT2D eigenvalue weighted by Gasteiger charge is -2.06. The number of rotatable bonds is 6. The predicted octanol–water partition coefficient (Wildman–Crippen LogP) is 4.32. The Labute approximate surface area is 147 Å². The van der Waals surface area contributed by atoms with E-state index in [2.05, 4.69) is 32.7 Å². The molecule has 23 heavy (non-hydrogen) atoms. The van der Waals surface area contributed by atoms with Crippen molar-refractivity contribution >= 4 is 22.6 Å². The summed E-state index contributed by atoms with van der Waals surface area (Å²) in [6, 6.07) is 15.4. The van der Waals surface area contributed by atoms with Gasteiger partial charge in [-0.15, -0.1) is 0 Å². The molecule has 0 atom stereocenters. The molecule has 0 bridgehead atoms. The van der Waals surface area contributed by atoms with E-state index >= 15 is 0 Å². The van der Waals surface area contributed by atoms with Gasteiger partial charge in [-0.25, -0.2) is 0 Å². The molecule has 0 saturated carbocycles. The second kappa shape index (κ2) is 7.45. The lowest BCUT2D eigenvalue weighted by molar-refractivity contribution is 0.241. The fourth-order valence-corrected chi connectivity index (χ4v) is 2.60. The monoisotopic (exact) mass is 422 g/mol. The number of benzene rings is 2. The maximum Gasteiger partial charge on any atom is 0.264 e. The van der Waals surface area contributed by atoms with Crippen molar-refractivity contribution in [2.75, 3.05) is 6.61 Å². The van der Waals surface area contributed by atoms with Gasteiger partial charge in [-0.3, -0.25) is 0 Å². The first-order valence-electron chi connectivity index (χ1n) is 7.20. The van der Waals surface area contributed by atoms with Crippen LogP contribution in [0.4, 0.5) is 0 Å². The van der Waals surface area contributed by atoms with Gasteiger partial charge < -0.3 is 14.0 Å². The van der Waals surface area contributed by atoms with E-state index in [1.54, 1.807) is 0 Å². The maximum atomic E-state index is 5.71. The van der Waals surface area contributed by atoms with Gasteiger partial charge in [0.25, 0.3) is 5.89 Å². The van der Waals surface area contributed by atoms with Crippen molar-refractivity contribution in [3.8, 4) is 22.9 Å². The summed E-state index contributed by atoms with van der Waals surface area (Å²) < 4.78 is 17.6. The number of aromatic nitrogens is 2. The van der Waals surface area contributed by atoms with Crippen LogP contribution < -0.4 is 9.47 Å². The van der Waals surface area contributed by atoms with Crippen molar-refractivity contribution in [1.29, 1.82) is 0 Å².